The molecule has 2 fully saturated rings. The normalized spacial score (nSPS) is 18.5. The van der Waals surface area contributed by atoms with Crippen molar-refractivity contribution in [1.29, 1.82) is 0 Å². The first-order valence-electron chi connectivity index (χ1n) is 8.45. The Bertz CT molecular complexity index is 692. The summed E-state index contributed by atoms with van der Waals surface area (Å²) in [7, 11) is 1.55. The summed E-state index contributed by atoms with van der Waals surface area (Å²) in [6.45, 7) is 3.90. The van der Waals surface area contributed by atoms with Crippen molar-refractivity contribution >= 4 is 23.9 Å². The molecule has 0 aromatic heterocycles. The van der Waals surface area contributed by atoms with Crippen molar-refractivity contribution in [2.45, 2.75) is 19.8 Å². The molecular formula is C18H23N3O4. The molecule has 1 N–H and O–H groups in total. The zero-order valence-electron chi connectivity index (χ0n) is 14.6. The summed E-state index contributed by atoms with van der Waals surface area (Å²) in [5.41, 5.74) is 0.604. The van der Waals surface area contributed by atoms with E-state index in [9.17, 15) is 14.4 Å². The topological polar surface area (TPSA) is 79.0 Å². The van der Waals surface area contributed by atoms with Gasteiger partial charge in [-0.25, -0.2) is 0 Å². The molecule has 0 atom stereocenters. The van der Waals surface area contributed by atoms with Crippen molar-refractivity contribution in [2.24, 2.45) is 5.41 Å². The van der Waals surface area contributed by atoms with E-state index in [1.807, 2.05) is 19.1 Å². The molecule has 134 valence electrons. The van der Waals surface area contributed by atoms with Crippen LogP contribution in [0, 0.1) is 12.3 Å². The maximum absolute atomic E-state index is 12.9. The Labute approximate surface area is 146 Å². The molecule has 1 aromatic carbocycles. The largest absolute Gasteiger partial charge is 0.495 e. The van der Waals surface area contributed by atoms with Crippen LogP contribution in [0.5, 0.6) is 5.75 Å². The summed E-state index contributed by atoms with van der Waals surface area (Å²) in [5, 5.41) is 2.87. The van der Waals surface area contributed by atoms with Crippen molar-refractivity contribution in [1.82, 2.24) is 9.80 Å². The number of aryl methyl sites for hydroxylation is 1. The van der Waals surface area contributed by atoms with Gasteiger partial charge in [0.15, 0.2) is 0 Å². The summed E-state index contributed by atoms with van der Waals surface area (Å²) >= 11 is 0. The highest BCUT2D eigenvalue weighted by Gasteiger charge is 2.58. The summed E-state index contributed by atoms with van der Waals surface area (Å²) in [5.74, 6) is 0.156. The van der Waals surface area contributed by atoms with Crippen LogP contribution in [0.25, 0.3) is 0 Å². The van der Waals surface area contributed by atoms with Gasteiger partial charge in [-0.15, -0.1) is 0 Å². The highest BCUT2D eigenvalue weighted by Crippen LogP contribution is 2.48. The lowest BCUT2D eigenvalue weighted by Crippen LogP contribution is -2.52. The van der Waals surface area contributed by atoms with E-state index in [0.29, 0.717) is 50.5 Å². The van der Waals surface area contributed by atoms with Crippen LogP contribution in [0.1, 0.15) is 18.4 Å². The first kappa shape index (κ1) is 17.3. The van der Waals surface area contributed by atoms with Gasteiger partial charge in [0, 0.05) is 26.2 Å². The quantitative estimate of drug-likeness (QED) is 0.638. The SMILES string of the molecule is COc1ccc(C)cc1NC(=O)C1(C(=O)N2CCN(C=O)CC2)CC1. The third kappa shape index (κ3) is 3.31. The van der Waals surface area contributed by atoms with Gasteiger partial charge >= 0.3 is 0 Å². The van der Waals surface area contributed by atoms with Crippen LogP contribution in [-0.2, 0) is 14.4 Å². The average molecular weight is 345 g/mol. The fourth-order valence-electron chi connectivity index (χ4n) is 3.16. The lowest BCUT2D eigenvalue weighted by Gasteiger charge is -2.34. The van der Waals surface area contributed by atoms with Crippen molar-refractivity contribution in [2.75, 3.05) is 38.6 Å². The third-order valence-corrected chi connectivity index (χ3v) is 4.95. The fraction of sp³-hybridized carbons (Fsp3) is 0.500. The molecule has 3 amide bonds. The molecule has 1 aromatic rings. The van der Waals surface area contributed by atoms with Crippen LogP contribution in [0.3, 0.4) is 0 Å². The number of ether oxygens (including phenoxy) is 1. The minimum absolute atomic E-state index is 0.137. The van der Waals surface area contributed by atoms with Gasteiger partial charge in [-0.1, -0.05) is 6.07 Å². The van der Waals surface area contributed by atoms with Crippen molar-refractivity contribution in [3.63, 3.8) is 0 Å². The Kier molecular flexibility index (Phi) is 4.65. The van der Waals surface area contributed by atoms with Gasteiger partial charge in [-0.2, -0.15) is 0 Å². The van der Waals surface area contributed by atoms with Gasteiger partial charge in [0.2, 0.25) is 18.2 Å². The first-order valence-corrected chi connectivity index (χ1v) is 8.45. The second-order valence-corrected chi connectivity index (χ2v) is 6.67. The molecule has 1 aliphatic heterocycles. The molecule has 0 bridgehead atoms. The minimum Gasteiger partial charge on any atom is -0.495 e. The van der Waals surface area contributed by atoms with Gasteiger partial charge in [-0.05, 0) is 37.5 Å². The zero-order chi connectivity index (χ0) is 18.0. The Balaban J connectivity index is 1.70. The summed E-state index contributed by atoms with van der Waals surface area (Å²) in [6, 6.07) is 5.53. The highest BCUT2D eigenvalue weighted by molar-refractivity contribution is 6.13. The smallest absolute Gasteiger partial charge is 0.240 e. The van der Waals surface area contributed by atoms with Crippen molar-refractivity contribution < 1.29 is 19.1 Å². The van der Waals surface area contributed by atoms with Gasteiger partial charge in [0.1, 0.15) is 11.2 Å². The highest BCUT2D eigenvalue weighted by atomic mass is 16.5. The molecule has 2 aliphatic rings. The van der Waals surface area contributed by atoms with E-state index in [-0.39, 0.29) is 11.8 Å². The minimum atomic E-state index is -0.974. The van der Waals surface area contributed by atoms with Crippen molar-refractivity contribution in [3.05, 3.63) is 23.8 Å². The van der Waals surface area contributed by atoms with E-state index in [0.717, 1.165) is 12.0 Å². The zero-order valence-corrected chi connectivity index (χ0v) is 14.6. The molecule has 3 rings (SSSR count). The molecule has 1 heterocycles. The molecule has 7 heteroatoms. The molecule has 1 saturated carbocycles. The second-order valence-electron chi connectivity index (χ2n) is 6.67. The molecule has 7 nitrogen and oxygen atoms in total. The standard InChI is InChI=1S/C18H23N3O4/c1-13-3-4-15(25-2)14(11-13)19-16(23)18(5-6-18)17(24)21-9-7-20(12-22)8-10-21/h3-4,11-12H,5-10H2,1-2H3,(H,19,23). The predicted molar refractivity (Wildman–Crippen MR) is 92.2 cm³/mol. The number of rotatable bonds is 5. The van der Waals surface area contributed by atoms with E-state index in [4.69, 9.17) is 4.74 Å². The number of methoxy groups -OCH3 is 1. The van der Waals surface area contributed by atoms with E-state index in [2.05, 4.69) is 5.32 Å². The molecule has 1 aliphatic carbocycles. The van der Waals surface area contributed by atoms with E-state index >= 15 is 0 Å². The fourth-order valence-corrected chi connectivity index (χ4v) is 3.16. The number of amides is 3. The molecule has 0 radical (unpaired) electrons. The van der Waals surface area contributed by atoms with E-state index < -0.39 is 5.41 Å². The van der Waals surface area contributed by atoms with E-state index in [1.165, 1.54) is 0 Å². The van der Waals surface area contributed by atoms with Crippen LogP contribution in [-0.4, -0.2) is 61.3 Å². The van der Waals surface area contributed by atoms with Gasteiger partial charge in [0.25, 0.3) is 0 Å². The summed E-state index contributed by atoms with van der Waals surface area (Å²) in [4.78, 5) is 39.8. The molecule has 25 heavy (non-hydrogen) atoms. The Morgan fingerprint density at radius 3 is 2.44 bits per heavy atom. The number of carbonyl (C=O) groups excluding carboxylic acids is 3. The van der Waals surface area contributed by atoms with Gasteiger partial charge < -0.3 is 19.9 Å². The number of benzene rings is 1. The third-order valence-electron chi connectivity index (χ3n) is 4.95. The predicted octanol–water partition coefficient (Wildman–Crippen LogP) is 1.02. The van der Waals surface area contributed by atoms with Gasteiger partial charge in [-0.3, -0.25) is 14.4 Å². The number of carbonyl (C=O) groups is 3. The van der Waals surface area contributed by atoms with Crippen molar-refractivity contribution in [3.8, 4) is 5.75 Å². The number of hydrogen-bond acceptors (Lipinski definition) is 4. The maximum Gasteiger partial charge on any atom is 0.240 e. The molecule has 0 unspecified atom stereocenters. The Hall–Kier alpha value is -2.57. The first-order chi connectivity index (χ1) is 12.0. The van der Waals surface area contributed by atoms with E-state index in [1.54, 1.807) is 23.0 Å². The number of hydrogen-bond donors (Lipinski definition) is 1. The molecular weight excluding hydrogens is 322 g/mol. The molecule has 0 spiro atoms. The number of nitrogens with one attached hydrogen (secondary N) is 1. The number of anilines is 1. The summed E-state index contributed by atoms with van der Waals surface area (Å²) in [6.07, 6.45) is 1.91. The maximum atomic E-state index is 12.9. The van der Waals surface area contributed by atoms with Crippen LogP contribution in [0.2, 0.25) is 0 Å². The van der Waals surface area contributed by atoms with Gasteiger partial charge in [0.05, 0.1) is 12.8 Å². The lowest BCUT2D eigenvalue weighted by molar-refractivity contribution is -0.144. The lowest BCUT2D eigenvalue weighted by atomic mass is 10.0. The average Bonchev–Trinajstić information content (AvgIpc) is 3.43. The summed E-state index contributed by atoms with van der Waals surface area (Å²) < 4.78 is 5.29. The Morgan fingerprint density at radius 2 is 1.88 bits per heavy atom. The van der Waals surface area contributed by atoms with Crippen LogP contribution in [0.15, 0.2) is 18.2 Å². The van der Waals surface area contributed by atoms with Crippen LogP contribution < -0.4 is 10.1 Å². The Morgan fingerprint density at radius 1 is 1.20 bits per heavy atom. The number of nitrogens with zero attached hydrogens (tertiary/aromatic N) is 2. The van der Waals surface area contributed by atoms with Crippen LogP contribution >= 0.6 is 0 Å². The number of piperazine rings is 1. The second kappa shape index (κ2) is 6.74. The van der Waals surface area contributed by atoms with Crippen LogP contribution in [0.4, 0.5) is 5.69 Å². The molecule has 1 saturated heterocycles. The monoisotopic (exact) mass is 345 g/mol.